The molecule has 1 aromatic carbocycles. The minimum atomic E-state index is -0.394. The van der Waals surface area contributed by atoms with Crippen molar-refractivity contribution in [1.82, 2.24) is 20.0 Å². The van der Waals surface area contributed by atoms with E-state index in [1.165, 1.54) is 0 Å². The van der Waals surface area contributed by atoms with Crippen LogP contribution in [0.3, 0.4) is 0 Å². The van der Waals surface area contributed by atoms with Gasteiger partial charge in [-0.1, -0.05) is 30.3 Å². The molecule has 1 atom stereocenters. The van der Waals surface area contributed by atoms with Crippen LogP contribution in [0.5, 0.6) is 0 Å². The maximum atomic E-state index is 10.6. The summed E-state index contributed by atoms with van der Waals surface area (Å²) in [5.74, 6) is 1.88. The van der Waals surface area contributed by atoms with Gasteiger partial charge in [0.05, 0.1) is 11.8 Å². The number of anilines is 1. The van der Waals surface area contributed by atoms with Gasteiger partial charge in [-0.15, -0.1) is 10.2 Å². The third kappa shape index (κ3) is 3.46. The van der Waals surface area contributed by atoms with E-state index in [2.05, 4.69) is 20.2 Å². The second-order valence-corrected chi connectivity index (χ2v) is 6.83. The molecule has 1 aliphatic heterocycles. The zero-order valence-corrected chi connectivity index (χ0v) is 14.9. The van der Waals surface area contributed by atoms with Crippen molar-refractivity contribution in [1.29, 1.82) is 0 Å². The van der Waals surface area contributed by atoms with Gasteiger partial charge in [0, 0.05) is 19.3 Å². The molecule has 0 spiro atoms. The summed E-state index contributed by atoms with van der Waals surface area (Å²) in [5.41, 5.74) is 1.96. The third-order valence-electron chi connectivity index (χ3n) is 5.04. The molecule has 26 heavy (non-hydrogen) atoms. The zero-order chi connectivity index (χ0) is 17.9. The van der Waals surface area contributed by atoms with Gasteiger partial charge < -0.3 is 10.0 Å². The molecule has 1 saturated heterocycles. The molecular formula is C20H23N5O. The Labute approximate surface area is 153 Å². The second kappa shape index (κ2) is 7.25. The normalized spacial score (nSPS) is 16.6. The van der Waals surface area contributed by atoms with Crippen LogP contribution in [0.2, 0.25) is 0 Å². The Morgan fingerprint density at radius 1 is 0.962 bits per heavy atom. The van der Waals surface area contributed by atoms with E-state index >= 15 is 0 Å². The molecule has 1 N–H and O–H groups in total. The lowest BCUT2D eigenvalue weighted by molar-refractivity contribution is 0.0928. The summed E-state index contributed by atoms with van der Waals surface area (Å²) >= 11 is 0. The summed E-state index contributed by atoms with van der Waals surface area (Å²) < 4.78 is 1.73. The second-order valence-electron chi connectivity index (χ2n) is 6.83. The number of rotatable bonds is 4. The first-order chi connectivity index (χ1) is 12.7. The molecule has 0 amide bonds. The standard InChI is InChI=1S/C20H23N5O/c1-15-9-14-25(23-15)19-8-7-18(21-22-19)24-12-10-17(11-13-24)20(26)16-5-3-2-4-6-16/h2-9,14,17,20,26H,10-13H2,1H3. The van der Waals surface area contributed by atoms with Gasteiger partial charge in [-0.25, -0.2) is 4.68 Å². The Hall–Kier alpha value is -2.73. The van der Waals surface area contributed by atoms with Crippen LogP contribution < -0.4 is 4.90 Å². The fourth-order valence-corrected chi connectivity index (χ4v) is 3.52. The van der Waals surface area contributed by atoms with Crippen molar-refractivity contribution in [3.05, 3.63) is 66.0 Å². The van der Waals surface area contributed by atoms with E-state index in [9.17, 15) is 5.11 Å². The summed E-state index contributed by atoms with van der Waals surface area (Å²) in [4.78, 5) is 2.24. The minimum absolute atomic E-state index is 0.285. The van der Waals surface area contributed by atoms with Gasteiger partial charge in [-0.2, -0.15) is 5.10 Å². The monoisotopic (exact) mass is 349 g/mol. The van der Waals surface area contributed by atoms with E-state index in [0.29, 0.717) is 0 Å². The molecule has 4 rings (SSSR count). The summed E-state index contributed by atoms with van der Waals surface area (Å²) in [6.07, 6.45) is 3.38. The van der Waals surface area contributed by atoms with E-state index in [0.717, 1.165) is 48.8 Å². The van der Waals surface area contributed by atoms with E-state index in [1.807, 2.05) is 61.7 Å². The van der Waals surface area contributed by atoms with Gasteiger partial charge in [0.15, 0.2) is 11.6 Å². The van der Waals surface area contributed by atoms with Crippen molar-refractivity contribution in [2.24, 2.45) is 5.92 Å². The molecule has 2 aromatic heterocycles. The molecule has 0 bridgehead atoms. The van der Waals surface area contributed by atoms with Gasteiger partial charge in [0.25, 0.3) is 0 Å². The molecule has 134 valence electrons. The van der Waals surface area contributed by atoms with Crippen LogP contribution in [0.25, 0.3) is 5.82 Å². The van der Waals surface area contributed by atoms with Crippen molar-refractivity contribution in [3.8, 4) is 5.82 Å². The van der Waals surface area contributed by atoms with Gasteiger partial charge in [-0.3, -0.25) is 0 Å². The number of aromatic nitrogens is 4. The maximum absolute atomic E-state index is 10.6. The lowest BCUT2D eigenvalue weighted by atomic mass is 9.87. The first-order valence-electron chi connectivity index (χ1n) is 9.05. The number of aliphatic hydroxyl groups is 1. The Morgan fingerprint density at radius 3 is 2.27 bits per heavy atom. The Kier molecular flexibility index (Phi) is 4.67. The Morgan fingerprint density at radius 2 is 1.65 bits per heavy atom. The molecule has 1 unspecified atom stereocenters. The molecule has 6 heteroatoms. The van der Waals surface area contributed by atoms with E-state index < -0.39 is 6.10 Å². The molecule has 6 nitrogen and oxygen atoms in total. The summed E-state index contributed by atoms with van der Waals surface area (Å²) in [7, 11) is 0. The van der Waals surface area contributed by atoms with Gasteiger partial charge in [-0.05, 0) is 49.4 Å². The SMILES string of the molecule is Cc1ccn(-c2ccc(N3CCC(C(O)c4ccccc4)CC3)nn2)n1. The van der Waals surface area contributed by atoms with E-state index in [4.69, 9.17) is 0 Å². The highest BCUT2D eigenvalue weighted by molar-refractivity contribution is 5.40. The van der Waals surface area contributed by atoms with Crippen molar-refractivity contribution in [2.75, 3.05) is 18.0 Å². The highest BCUT2D eigenvalue weighted by atomic mass is 16.3. The minimum Gasteiger partial charge on any atom is -0.388 e. The van der Waals surface area contributed by atoms with Crippen molar-refractivity contribution in [2.45, 2.75) is 25.9 Å². The number of hydrogen-bond acceptors (Lipinski definition) is 5. The van der Waals surface area contributed by atoms with E-state index in [-0.39, 0.29) is 5.92 Å². The lowest BCUT2D eigenvalue weighted by Gasteiger charge is -2.34. The molecule has 3 aromatic rings. The summed E-state index contributed by atoms with van der Waals surface area (Å²) in [6, 6.07) is 15.8. The smallest absolute Gasteiger partial charge is 0.175 e. The maximum Gasteiger partial charge on any atom is 0.175 e. The molecule has 0 radical (unpaired) electrons. The molecule has 0 saturated carbocycles. The lowest BCUT2D eigenvalue weighted by Crippen LogP contribution is -2.36. The topological polar surface area (TPSA) is 67.1 Å². The van der Waals surface area contributed by atoms with Gasteiger partial charge >= 0.3 is 0 Å². The van der Waals surface area contributed by atoms with Crippen LogP contribution in [0.1, 0.15) is 30.2 Å². The number of nitrogens with zero attached hydrogens (tertiary/aromatic N) is 5. The fraction of sp³-hybridized carbons (Fsp3) is 0.350. The van der Waals surface area contributed by atoms with E-state index in [1.54, 1.807) is 4.68 Å². The quantitative estimate of drug-likeness (QED) is 0.784. The number of aryl methyl sites for hydroxylation is 1. The Balaban J connectivity index is 1.39. The predicted molar refractivity (Wildman–Crippen MR) is 100 cm³/mol. The van der Waals surface area contributed by atoms with Crippen molar-refractivity contribution in [3.63, 3.8) is 0 Å². The fourth-order valence-electron chi connectivity index (χ4n) is 3.52. The van der Waals surface area contributed by atoms with Crippen LogP contribution in [0, 0.1) is 12.8 Å². The van der Waals surface area contributed by atoms with Crippen LogP contribution in [-0.4, -0.2) is 38.2 Å². The van der Waals surface area contributed by atoms with Gasteiger partial charge in [0.1, 0.15) is 0 Å². The zero-order valence-electron chi connectivity index (χ0n) is 14.9. The molecule has 1 fully saturated rings. The highest BCUT2D eigenvalue weighted by Gasteiger charge is 2.26. The van der Waals surface area contributed by atoms with Crippen LogP contribution in [0.15, 0.2) is 54.7 Å². The molecular weight excluding hydrogens is 326 g/mol. The van der Waals surface area contributed by atoms with Crippen molar-refractivity contribution >= 4 is 5.82 Å². The van der Waals surface area contributed by atoms with Crippen LogP contribution in [0.4, 0.5) is 5.82 Å². The highest BCUT2D eigenvalue weighted by Crippen LogP contribution is 2.31. The number of benzene rings is 1. The number of hydrogen-bond donors (Lipinski definition) is 1. The predicted octanol–water partition coefficient (Wildman–Crippen LogP) is 2.92. The Bertz CT molecular complexity index is 838. The largest absolute Gasteiger partial charge is 0.388 e. The van der Waals surface area contributed by atoms with Crippen LogP contribution >= 0.6 is 0 Å². The average molecular weight is 349 g/mol. The van der Waals surface area contributed by atoms with Crippen LogP contribution in [-0.2, 0) is 0 Å². The van der Waals surface area contributed by atoms with Crippen molar-refractivity contribution < 1.29 is 5.11 Å². The summed E-state index contributed by atoms with van der Waals surface area (Å²) in [6.45, 7) is 3.71. The molecule has 3 heterocycles. The number of piperidine rings is 1. The average Bonchev–Trinajstić information content (AvgIpc) is 3.15. The first kappa shape index (κ1) is 16.7. The third-order valence-corrected chi connectivity index (χ3v) is 5.04. The first-order valence-corrected chi connectivity index (χ1v) is 9.05. The summed E-state index contributed by atoms with van der Waals surface area (Å²) in [5, 5.41) is 23.6. The van der Waals surface area contributed by atoms with Gasteiger partial charge in [0.2, 0.25) is 0 Å². The molecule has 0 aliphatic carbocycles. The number of aliphatic hydroxyl groups excluding tert-OH is 1. The molecule has 1 aliphatic rings.